The van der Waals surface area contributed by atoms with Gasteiger partial charge in [0.2, 0.25) is 24.5 Å². The number of nitrogens with zero attached hydrogens (tertiary/aromatic N) is 2. The number of imide groups is 1. The van der Waals surface area contributed by atoms with Crippen molar-refractivity contribution in [3.05, 3.63) is 95.7 Å². The zero-order chi connectivity index (χ0) is 25.1. The van der Waals surface area contributed by atoms with E-state index in [1.54, 1.807) is 18.2 Å². The standard InChI is InChI=1S/C29H23N3O5/c33-27(30-19-10-11-21-22(14-19)37-16-36-21)26-24-23(25-20-9-5-4-8-18(20)12-13-31(25)26)28(34)32(29(24)35)15-17-6-2-1-3-7-17/h1-14,23-26H,15-16H2,(H,30,33)/t23-,24-,25+,26+/m1/s1. The van der Waals surface area contributed by atoms with Crippen LogP contribution < -0.4 is 14.8 Å². The van der Waals surface area contributed by atoms with Crippen LogP contribution in [0.1, 0.15) is 22.7 Å². The van der Waals surface area contributed by atoms with E-state index in [1.807, 2.05) is 71.8 Å². The van der Waals surface area contributed by atoms with E-state index in [0.29, 0.717) is 17.2 Å². The van der Waals surface area contributed by atoms with Crippen molar-refractivity contribution in [1.29, 1.82) is 0 Å². The summed E-state index contributed by atoms with van der Waals surface area (Å²) in [7, 11) is 0. The predicted octanol–water partition coefficient (Wildman–Crippen LogP) is 3.57. The van der Waals surface area contributed by atoms with Crippen LogP contribution in [-0.4, -0.2) is 40.4 Å². The van der Waals surface area contributed by atoms with Crippen molar-refractivity contribution in [3.8, 4) is 11.5 Å². The molecule has 4 aliphatic rings. The average molecular weight is 494 g/mol. The summed E-state index contributed by atoms with van der Waals surface area (Å²) in [4.78, 5) is 44.6. The highest BCUT2D eigenvalue weighted by atomic mass is 16.7. The van der Waals surface area contributed by atoms with Crippen molar-refractivity contribution in [2.45, 2.75) is 18.6 Å². The van der Waals surface area contributed by atoms with Gasteiger partial charge >= 0.3 is 0 Å². The Morgan fingerprint density at radius 1 is 0.892 bits per heavy atom. The summed E-state index contributed by atoms with van der Waals surface area (Å²) in [5, 5.41) is 2.95. The third kappa shape index (κ3) is 3.32. The summed E-state index contributed by atoms with van der Waals surface area (Å²) in [6, 6.07) is 21.2. The van der Waals surface area contributed by atoms with E-state index in [4.69, 9.17) is 9.47 Å². The topological polar surface area (TPSA) is 88.2 Å². The molecule has 2 fully saturated rings. The van der Waals surface area contributed by atoms with Gasteiger partial charge in [-0.1, -0.05) is 54.6 Å². The van der Waals surface area contributed by atoms with Gasteiger partial charge in [0, 0.05) is 18.0 Å². The number of ether oxygens (including phenoxy) is 2. The fraction of sp³-hybridized carbons (Fsp3) is 0.207. The van der Waals surface area contributed by atoms with Gasteiger partial charge in [-0.15, -0.1) is 0 Å². The minimum atomic E-state index is -0.845. The Balaban J connectivity index is 1.26. The van der Waals surface area contributed by atoms with Gasteiger partial charge in [-0.05, 0) is 34.9 Å². The summed E-state index contributed by atoms with van der Waals surface area (Å²) in [5.41, 5.74) is 3.34. The maximum Gasteiger partial charge on any atom is 0.247 e. The second-order valence-corrected chi connectivity index (χ2v) is 9.64. The van der Waals surface area contributed by atoms with E-state index in [1.165, 1.54) is 4.90 Å². The minimum absolute atomic E-state index is 0.132. The van der Waals surface area contributed by atoms with E-state index in [2.05, 4.69) is 5.32 Å². The van der Waals surface area contributed by atoms with Gasteiger partial charge in [0.05, 0.1) is 24.4 Å². The molecule has 2 saturated heterocycles. The Morgan fingerprint density at radius 2 is 1.65 bits per heavy atom. The number of amides is 3. The molecule has 0 bridgehead atoms. The zero-order valence-corrected chi connectivity index (χ0v) is 19.7. The van der Waals surface area contributed by atoms with Gasteiger partial charge in [-0.2, -0.15) is 0 Å². The molecule has 1 N–H and O–H groups in total. The Labute approximate surface area is 213 Å². The molecule has 3 amide bonds. The van der Waals surface area contributed by atoms with Gasteiger partial charge in [0.1, 0.15) is 6.04 Å². The predicted molar refractivity (Wildman–Crippen MR) is 134 cm³/mol. The second-order valence-electron chi connectivity index (χ2n) is 9.64. The molecule has 8 heteroatoms. The molecule has 7 rings (SSSR count). The van der Waals surface area contributed by atoms with E-state index < -0.39 is 23.9 Å². The van der Waals surface area contributed by atoms with Crippen LogP contribution in [0.25, 0.3) is 6.08 Å². The zero-order valence-electron chi connectivity index (χ0n) is 19.7. The van der Waals surface area contributed by atoms with Gasteiger partial charge < -0.3 is 19.7 Å². The molecule has 4 aliphatic heterocycles. The number of nitrogens with one attached hydrogen (secondary N) is 1. The molecule has 0 spiro atoms. The first-order valence-electron chi connectivity index (χ1n) is 12.2. The lowest BCUT2D eigenvalue weighted by molar-refractivity contribution is -0.143. The van der Waals surface area contributed by atoms with Crippen LogP contribution in [0.15, 0.2) is 79.0 Å². The summed E-state index contributed by atoms with van der Waals surface area (Å²) in [6.45, 7) is 0.318. The van der Waals surface area contributed by atoms with Crippen molar-refractivity contribution < 1.29 is 23.9 Å². The van der Waals surface area contributed by atoms with Crippen molar-refractivity contribution in [1.82, 2.24) is 9.80 Å². The molecule has 0 aromatic heterocycles. The largest absolute Gasteiger partial charge is 0.454 e. The summed E-state index contributed by atoms with van der Waals surface area (Å²) >= 11 is 0. The number of fused-ring (bicyclic) bond motifs is 6. The monoisotopic (exact) mass is 493 g/mol. The molecule has 184 valence electrons. The quantitative estimate of drug-likeness (QED) is 0.560. The molecule has 0 aliphatic carbocycles. The summed E-state index contributed by atoms with van der Waals surface area (Å²) in [6.07, 6.45) is 3.78. The fourth-order valence-electron chi connectivity index (χ4n) is 6.03. The van der Waals surface area contributed by atoms with Gasteiger partial charge in [-0.25, -0.2) is 0 Å². The van der Waals surface area contributed by atoms with Crippen molar-refractivity contribution >= 4 is 29.5 Å². The number of hydrogen-bond donors (Lipinski definition) is 1. The smallest absolute Gasteiger partial charge is 0.247 e. The molecule has 0 unspecified atom stereocenters. The molecular weight excluding hydrogens is 470 g/mol. The maximum absolute atomic E-state index is 13.8. The number of anilines is 1. The van der Waals surface area contributed by atoms with Crippen LogP contribution in [0, 0.1) is 11.8 Å². The second kappa shape index (κ2) is 8.23. The lowest BCUT2D eigenvalue weighted by atomic mass is 9.84. The number of benzene rings is 3. The van der Waals surface area contributed by atoms with Crippen LogP contribution in [0.4, 0.5) is 5.69 Å². The van der Waals surface area contributed by atoms with Gasteiger partial charge in [0.25, 0.3) is 0 Å². The fourth-order valence-corrected chi connectivity index (χ4v) is 6.03. The SMILES string of the molecule is O=C(Nc1ccc2c(c1)OCO2)[C@@H]1[C@@H]2C(=O)N(Cc3ccccc3)C(=O)[C@H]2[C@@H]2c3ccccc3C=CN12. The highest BCUT2D eigenvalue weighted by Crippen LogP contribution is 2.53. The number of carbonyl (C=O) groups is 3. The Bertz CT molecular complexity index is 1470. The third-order valence-corrected chi connectivity index (χ3v) is 7.65. The molecule has 0 radical (unpaired) electrons. The molecule has 3 aromatic rings. The van der Waals surface area contributed by atoms with E-state index in [0.717, 1.165) is 16.7 Å². The Morgan fingerprint density at radius 3 is 2.51 bits per heavy atom. The number of carbonyl (C=O) groups excluding carboxylic acids is 3. The molecule has 0 saturated carbocycles. The molecule has 8 nitrogen and oxygen atoms in total. The Hall–Kier alpha value is -4.59. The lowest BCUT2D eigenvalue weighted by Gasteiger charge is -2.35. The first kappa shape index (κ1) is 21.7. The molecule has 37 heavy (non-hydrogen) atoms. The first-order chi connectivity index (χ1) is 18.1. The molecular formula is C29H23N3O5. The summed E-state index contributed by atoms with van der Waals surface area (Å²) in [5.74, 6) is -1.19. The Kier molecular flexibility index (Phi) is 4.82. The average Bonchev–Trinajstić information content (AvgIpc) is 3.59. The normalized spacial score (nSPS) is 24.6. The van der Waals surface area contributed by atoms with E-state index >= 15 is 0 Å². The van der Waals surface area contributed by atoms with E-state index in [9.17, 15) is 14.4 Å². The number of rotatable bonds is 4. The van der Waals surface area contributed by atoms with Crippen LogP contribution in [-0.2, 0) is 20.9 Å². The van der Waals surface area contributed by atoms with E-state index in [-0.39, 0.29) is 31.1 Å². The molecule has 4 heterocycles. The van der Waals surface area contributed by atoms with Crippen molar-refractivity contribution in [2.75, 3.05) is 12.1 Å². The maximum atomic E-state index is 13.8. The molecule has 4 atom stereocenters. The van der Waals surface area contributed by atoms with Crippen LogP contribution in [0.5, 0.6) is 11.5 Å². The lowest BCUT2D eigenvalue weighted by Crippen LogP contribution is -2.46. The van der Waals surface area contributed by atoms with Crippen molar-refractivity contribution in [2.24, 2.45) is 11.8 Å². The van der Waals surface area contributed by atoms with Crippen molar-refractivity contribution in [3.63, 3.8) is 0 Å². The number of likely N-dealkylation sites (tertiary alicyclic amines) is 1. The summed E-state index contributed by atoms with van der Waals surface area (Å²) < 4.78 is 10.8. The van der Waals surface area contributed by atoms with Crippen LogP contribution >= 0.6 is 0 Å². The number of hydrogen-bond acceptors (Lipinski definition) is 6. The highest BCUT2D eigenvalue weighted by Gasteiger charge is 2.64. The highest BCUT2D eigenvalue weighted by molar-refractivity contribution is 6.10. The molecule has 3 aromatic carbocycles. The third-order valence-electron chi connectivity index (χ3n) is 7.65. The first-order valence-corrected chi connectivity index (χ1v) is 12.2. The van der Waals surface area contributed by atoms with Crippen LogP contribution in [0.3, 0.4) is 0 Å². The van der Waals surface area contributed by atoms with Crippen LogP contribution in [0.2, 0.25) is 0 Å². The minimum Gasteiger partial charge on any atom is -0.454 e. The van der Waals surface area contributed by atoms with Gasteiger partial charge in [0.15, 0.2) is 11.5 Å². The van der Waals surface area contributed by atoms with Gasteiger partial charge in [-0.3, -0.25) is 19.3 Å².